The van der Waals surface area contributed by atoms with E-state index in [1.807, 2.05) is 27.9 Å². The monoisotopic (exact) mass is 305 g/mol. The molecule has 0 aliphatic carbocycles. The lowest BCUT2D eigenvalue weighted by Crippen LogP contribution is -2.14. The highest BCUT2D eigenvalue weighted by Gasteiger charge is 2.11. The van der Waals surface area contributed by atoms with Crippen LogP contribution >= 0.6 is 11.3 Å². The summed E-state index contributed by atoms with van der Waals surface area (Å²) in [5, 5.41) is 12.3. The average molecular weight is 305 g/mol. The van der Waals surface area contributed by atoms with E-state index in [-0.39, 0.29) is 5.91 Å². The number of carbonyl (C=O) groups is 1. The molecule has 0 aliphatic heterocycles. The second-order valence-electron chi connectivity index (χ2n) is 5.15. The molecule has 1 N–H and O–H groups in total. The lowest BCUT2D eigenvalue weighted by atomic mass is 10.2. The van der Waals surface area contributed by atoms with Gasteiger partial charge in [-0.25, -0.2) is 0 Å². The molecule has 2 heterocycles. The maximum atomic E-state index is 12.2. The SMILES string of the molecule is Cc1cc(C(=O)Nc2nnc(CCN(C)C)s2)cc(C)n1. The minimum Gasteiger partial charge on any atom is -0.309 e. The number of rotatable bonds is 5. The number of amides is 1. The van der Waals surface area contributed by atoms with Crippen molar-refractivity contribution in [3.8, 4) is 0 Å². The van der Waals surface area contributed by atoms with Gasteiger partial charge >= 0.3 is 0 Å². The molecule has 0 atom stereocenters. The van der Waals surface area contributed by atoms with Crippen molar-refractivity contribution in [2.75, 3.05) is 26.0 Å². The third-order valence-electron chi connectivity index (χ3n) is 2.80. The summed E-state index contributed by atoms with van der Waals surface area (Å²) in [6.45, 7) is 4.65. The third-order valence-corrected chi connectivity index (χ3v) is 3.70. The second kappa shape index (κ2) is 6.73. The van der Waals surface area contributed by atoms with Gasteiger partial charge in [-0.3, -0.25) is 15.1 Å². The molecule has 0 spiro atoms. The minimum absolute atomic E-state index is 0.182. The van der Waals surface area contributed by atoms with Crippen molar-refractivity contribution < 1.29 is 4.79 Å². The molecule has 0 bridgehead atoms. The van der Waals surface area contributed by atoms with Crippen molar-refractivity contribution in [3.05, 3.63) is 34.1 Å². The fourth-order valence-electron chi connectivity index (χ4n) is 1.86. The van der Waals surface area contributed by atoms with E-state index in [1.54, 1.807) is 12.1 Å². The van der Waals surface area contributed by atoms with Gasteiger partial charge in [0.2, 0.25) is 5.13 Å². The van der Waals surface area contributed by atoms with E-state index in [1.165, 1.54) is 11.3 Å². The molecule has 2 rings (SSSR count). The first-order valence-electron chi connectivity index (χ1n) is 6.68. The molecule has 6 nitrogen and oxygen atoms in total. The number of hydrogen-bond acceptors (Lipinski definition) is 6. The number of aryl methyl sites for hydroxylation is 2. The number of nitrogens with zero attached hydrogens (tertiary/aromatic N) is 4. The Morgan fingerprint density at radius 2 is 1.90 bits per heavy atom. The van der Waals surface area contributed by atoms with Crippen molar-refractivity contribution >= 4 is 22.4 Å². The van der Waals surface area contributed by atoms with Crippen LogP contribution < -0.4 is 5.32 Å². The van der Waals surface area contributed by atoms with Gasteiger partial charge in [0.05, 0.1) is 0 Å². The summed E-state index contributed by atoms with van der Waals surface area (Å²) < 4.78 is 0. The first-order valence-corrected chi connectivity index (χ1v) is 7.49. The number of aromatic nitrogens is 3. The summed E-state index contributed by atoms with van der Waals surface area (Å²) in [6, 6.07) is 3.52. The summed E-state index contributed by atoms with van der Waals surface area (Å²) >= 11 is 1.41. The molecule has 0 aliphatic rings. The van der Waals surface area contributed by atoms with Gasteiger partial charge in [0.1, 0.15) is 5.01 Å². The summed E-state index contributed by atoms with van der Waals surface area (Å²) in [6.07, 6.45) is 0.827. The van der Waals surface area contributed by atoms with Crippen LogP contribution in [-0.2, 0) is 6.42 Å². The highest BCUT2D eigenvalue weighted by molar-refractivity contribution is 7.15. The summed E-state index contributed by atoms with van der Waals surface area (Å²) in [7, 11) is 4.02. The van der Waals surface area contributed by atoms with Gasteiger partial charge in [-0.2, -0.15) is 0 Å². The summed E-state index contributed by atoms with van der Waals surface area (Å²) in [5.41, 5.74) is 2.23. The van der Waals surface area contributed by atoms with E-state index < -0.39 is 0 Å². The Morgan fingerprint density at radius 1 is 1.24 bits per heavy atom. The highest BCUT2D eigenvalue weighted by Crippen LogP contribution is 2.17. The molecular formula is C14H19N5OS. The molecule has 0 saturated heterocycles. The van der Waals surface area contributed by atoms with Crippen LogP contribution in [0.15, 0.2) is 12.1 Å². The van der Waals surface area contributed by atoms with Crippen LogP contribution in [0.1, 0.15) is 26.8 Å². The Hall–Kier alpha value is -1.86. The maximum absolute atomic E-state index is 12.2. The lowest BCUT2D eigenvalue weighted by molar-refractivity contribution is 0.102. The average Bonchev–Trinajstić information content (AvgIpc) is 2.83. The molecule has 1 amide bonds. The van der Waals surface area contributed by atoms with E-state index >= 15 is 0 Å². The second-order valence-corrected chi connectivity index (χ2v) is 6.21. The van der Waals surface area contributed by atoms with E-state index in [4.69, 9.17) is 0 Å². The summed E-state index contributed by atoms with van der Waals surface area (Å²) in [4.78, 5) is 18.5. The largest absolute Gasteiger partial charge is 0.309 e. The van der Waals surface area contributed by atoms with E-state index in [0.29, 0.717) is 10.7 Å². The van der Waals surface area contributed by atoms with Gasteiger partial charge in [0.25, 0.3) is 5.91 Å². The number of hydrogen-bond donors (Lipinski definition) is 1. The van der Waals surface area contributed by atoms with Crippen molar-refractivity contribution in [1.82, 2.24) is 20.1 Å². The van der Waals surface area contributed by atoms with E-state index in [0.717, 1.165) is 29.4 Å². The van der Waals surface area contributed by atoms with Crippen molar-refractivity contribution in [2.24, 2.45) is 0 Å². The van der Waals surface area contributed by atoms with E-state index in [9.17, 15) is 4.79 Å². The predicted octanol–water partition coefficient (Wildman–Crippen LogP) is 1.91. The molecular weight excluding hydrogens is 286 g/mol. The van der Waals surface area contributed by atoms with Crippen LogP contribution in [0.2, 0.25) is 0 Å². The van der Waals surface area contributed by atoms with Crippen molar-refractivity contribution in [1.29, 1.82) is 0 Å². The van der Waals surface area contributed by atoms with Crippen LogP contribution in [0, 0.1) is 13.8 Å². The zero-order valence-electron chi connectivity index (χ0n) is 12.7. The van der Waals surface area contributed by atoms with Gasteiger partial charge in [-0.05, 0) is 40.1 Å². The first kappa shape index (κ1) is 15.5. The molecule has 7 heteroatoms. The maximum Gasteiger partial charge on any atom is 0.257 e. The molecule has 0 fully saturated rings. The third kappa shape index (κ3) is 4.57. The first-order chi connectivity index (χ1) is 9.94. The number of likely N-dealkylation sites (N-methyl/N-ethyl adjacent to an activating group) is 1. The standard InChI is InChI=1S/C14H19N5OS/c1-9-7-11(8-10(2)15-9)13(20)16-14-18-17-12(21-14)5-6-19(3)4/h7-8H,5-6H2,1-4H3,(H,16,18,20). The van der Waals surface area contributed by atoms with Crippen LogP contribution in [-0.4, -0.2) is 46.6 Å². The van der Waals surface area contributed by atoms with Gasteiger partial charge < -0.3 is 4.90 Å². The van der Waals surface area contributed by atoms with Crippen molar-refractivity contribution in [2.45, 2.75) is 20.3 Å². The Kier molecular flexibility index (Phi) is 4.98. The molecule has 2 aromatic heterocycles. The van der Waals surface area contributed by atoms with Gasteiger partial charge in [-0.15, -0.1) is 10.2 Å². The van der Waals surface area contributed by atoms with Crippen LogP contribution in [0.4, 0.5) is 5.13 Å². The molecule has 112 valence electrons. The van der Waals surface area contributed by atoms with Crippen LogP contribution in [0.3, 0.4) is 0 Å². The van der Waals surface area contributed by atoms with Crippen LogP contribution in [0.25, 0.3) is 0 Å². The fraction of sp³-hybridized carbons (Fsp3) is 0.429. The molecule has 0 unspecified atom stereocenters. The Labute approximate surface area is 128 Å². The minimum atomic E-state index is -0.182. The molecule has 0 radical (unpaired) electrons. The highest BCUT2D eigenvalue weighted by atomic mass is 32.1. The zero-order chi connectivity index (χ0) is 15.4. The normalized spacial score (nSPS) is 10.9. The van der Waals surface area contributed by atoms with Crippen LogP contribution in [0.5, 0.6) is 0 Å². The number of nitrogens with one attached hydrogen (secondary N) is 1. The number of carbonyl (C=O) groups excluding carboxylic acids is 1. The Bertz CT molecular complexity index is 618. The zero-order valence-corrected chi connectivity index (χ0v) is 13.5. The molecule has 0 aromatic carbocycles. The predicted molar refractivity (Wildman–Crippen MR) is 83.8 cm³/mol. The van der Waals surface area contributed by atoms with Crippen molar-refractivity contribution in [3.63, 3.8) is 0 Å². The van der Waals surface area contributed by atoms with Gasteiger partial charge in [-0.1, -0.05) is 11.3 Å². The van der Waals surface area contributed by atoms with Gasteiger partial charge in [0.15, 0.2) is 0 Å². The molecule has 0 saturated carbocycles. The number of pyridine rings is 1. The Balaban J connectivity index is 2.02. The summed E-state index contributed by atoms with van der Waals surface area (Å²) in [5.74, 6) is -0.182. The smallest absolute Gasteiger partial charge is 0.257 e. The molecule has 2 aromatic rings. The fourth-order valence-corrected chi connectivity index (χ4v) is 2.58. The molecule has 21 heavy (non-hydrogen) atoms. The lowest BCUT2D eigenvalue weighted by Gasteiger charge is -2.06. The number of anilines is 1. The Morgan fingerprint density at radius 3 is 2.52 bits per heavy atom. The quantitative estimate of drug-likeness (QED) is 0.913. The van der Waals surface area contributed by atoms with Gasteiger partial charge in [0, 0.05) is 29.9 Å². The topological polar surface area (TPSA) is 71.0 Å². The van der Waals surface area contributed by atoms with E-state index in [2.05, 4.69) is 25.4 Å².